The molecule has 2 unspecified atom stereocenters. The maximum atomic E-state index is 12.5. The van der Waals surface area contributed by atoms with Crippen LogP contribution in [0, 0.1) is 0 Å². The zero-order valence-corrected chi connectivity index (χ0v) is 16.2. The minimum Gasteiger partial charge on any atom is -0.612 e. The highest BCUT2D eigenvalue weighted by molar-refractivity contribution is 7.90. The minimum atomic E-state index is -1.09. The fraction of sp³-hybridized carbons (Fsp3) is 0.286. The number of hydrogen-bond donors (Lipinski definition) is 1. The molecule has 1 fully saturated rings. The van der Waals surface area contributed by atoms with Crippen LogP contribution in [0.4, 0.5) is 5.69 Å². The molecule has 27 heavy (non-hydrogen) atoms. The van der Waals surface area contributed by atoms with Gasteiger partial charge in [0, 0.05) is 48.1 Å². The minimum absolute atomic E-state index is 0.0247. The molecule has 0 saturated carbocycles. The number of hydrogen-bond acceptors (Lipinski definition) is 4. The van der Waals surface area contributed by atoms with Crippen LogP contribution < -0.4 is 10.9 Å². The van der Waals surface area contributed by atoms with E-state index < -0.39 is 11.2 Å². The van der Waals surface area contributed by atoms with Gasteiger partial charge in [0.25, 0.3) is 5.56 Å². The molecule has 5 nitrogen and oxygen atoms in total. The summed E-state index contributed by atoms with van der Waals surface area (Å²) < 4.78 is 19.2. The molecular weight excluding hydrogens is 360 g/mol. The van der Waals surface area contributed by atoms with Crippen molar-refractivity contribution >= 4 is 27.6 Å². The van der Waals surface area contributed by atoms with Gasteiger partial charge < -0.3 is 19.2 Å². The van der Waals surface area contributed by atoms with E-state index in [1.54, 1.807) is 17.9 Å². The largest absolute Gasteiger partial charge is 0.612 e. The Morgan fingerprint density at radius 2 is 1.96 bits per heavy atom. The molecule has 3 aromatic rings. The third-order valence-corrected chi connectivity index (χ3v) is 5.91. The lowest BCUT2D eigenvalue weighted by Gasteiger charge is -2.19. The van der Waals surface area contributed by atoms with Crippen LogP contribution in [-0.2, 0) is 23.0 Å². The van der Waals surface area contributed by atoms with Gasteiger partial charge in [-0.3, -0.25) is 4.79 Å². The van der Waals surface area contributed by atoms with Crippen LogP contribution in [0.5, 0.6) is 0 Å². The van der Waals surface area contributed by atoms with Crippen LogP contribution in [0.15, 0.2) is 58.4 Å². The zero-order valence-electron chi connectivity index (χ0n) is 15.4. The molecule has 1 N–H and O–H groups in total. The summed E-state index contributed by atoms with van der Waals surface area (Å²) >= 11 is -1.09. The van der Waals surface area contributed by atoms with Crippen molar-refractivity contribution in [2.45, 2.75) is 17.4 Å². The Labute approximate surface area is 161 Å². The highest BCUT2D eigenvalue weighted by Gasteiger charge is 2.20. The van der Waals surface area contributed by atoms with Gasteiger partial charge in [-0.1, -0.05) is 18.2 Å². The lowest BCUT2D eigenvalue weighted by molar-refractivity contribution is 0.195. The molecule has 2 heterocycles. The van der Waals surface area contributed by atoms with Crippen LogP contribution in [0.2, 0.25) is 0 Å². The SMILES string of the molecule is Cn1cc(-c2cc([S+](C)[O-])ccc2NC2CCOC2)c2ccccc2c1=O. The first-order chi connectivity index (χ1) is 13.0. The third kappa shape index (κ3) is 3.48. The summed E-state index contributed by atoms with van der Waals surface area (Å²) in [7, 11) is 1.76. The van der Waals surface area contributed by atoms with Crippen molar-refractivity contribution in [3.05, 3.63) is 59.0 Å². The van der Waals surface area contributed by atoms with Crippen LogP contribution in [0.1, 0.15) is 6.42 Å². The van der Waals surface area contributed by atoms with Crippen LogP contribution in [0.25, 0.3) is 21.9 Å². The van der Waals surface area contributed by atoms with E-state index in [1.165, 1.54) is 0 Å². The smallest absolute Gasteiger partial charge is 0.258 e. The fourth-order valence-electron chi connectivity index (χ4n) is 3.55. The van der Waals surface area contributed by atoms with Gasteiger partial charge in [0.15, 0.2) is 4.90 Å². The fourth-order valence-corrected chi connectivity index (χ4v) is 4.09. The first-order valence-corrected chi connectivity index (χ1v) is 10.5. The van der Waals surface area contributed by atoms with Crippen molar-refractivity contribution in [1.82, 2.24) is 4.57 Å². The molecule has 1 aliphatic rings. The average Bonchev–Trinajstić information content (AvgIpc) is 3.18. The number of ether oxygens (including phenoxy) is 1. The number of rotatable bonds is 4. The van der Waals surface area contributed by atoms with Crippen molar-refractivity contribution < 1.29 is 9.29 Å². The second kappa shape index (κ2) is 7.38. The summed E-state index contributed by atoms with van der Waals surface area (Å²) in [5.74, 6) is 0. The van der Waals surface area contributed by atoms with Crippen molar-refractivity contribution in [1.29, 1.82) is 0 Å². The average molecular weight is 382 g/mol. The van der Waals surface area contributed by atoms with E-state index in [2.05, 4.69) is 5.32 Å². The van der Waals surface area contributed by atoms with E-state index >= 15 is 0 Å². The topological polar surface area (TPSA) is 66.3 Å². The summed E-state index contributed by atoms with van der Waals surface area (Å²) in [5.41, 5.74) is 2.83. The lowest BCUT2D eigenvalue weighted by Crippen LogP contribution is -2.20. The number of anilines is 1. The van der Waals surface area contributed by atoms with E-state index in [0.717, 1.165) is 40.1 Å². The second-order valence-corrected chi connectivity index (χ2v) is 8.25. The summed E-state index contributed by atoms with van der Waals surface area (Å²) in [6, 6.07) is 13.7. The molecule has 4 rings (SSSR count). The monoisotopic (exact) mass is 382 g/mol. The van der Waals surface area contributed by atoms with Gasteiger partial charge in [-0.15, -0.1) is 0 Å². The molecule has 0 amide bonds. The molecule has 1 saturated heterocycles. The number of nitrogens with zero attached hydrogens (tertiary/aromatic N) is 1. The molecule has 0 radical (unpaired) electrons. The molecule has 0 spiro atoms. The molecule has 0 bridgehead atoms. The Bertz CT molecular complexity index is 1040. The molecule has 2 aromatic carbocycles. The van der Waals surface area contributed by atoms with Crippen molar-refractivity contribution in [2.24, 2.45) is 7.05 Å². The highest BCUT2D eigenvalue weighted by Crippen LogP contribution is 2.35. The number of fused-ring (bicyclic) bond motifs is 1. The summed E-state index contributed by atoms with van der Waals surface area (Å²) in [6.45, 7) is 1.43. The van der Waals surface area contributed by atoms with Gasteiger partial charge in [-0.05, 0) is 41.2 Å². The summed E-state index contributed by atoms with van der Waals surface area (Å²) in [6.07, 6.45) is 4.49. The van der Waals surface area contributed by atoms with E-state index in [-0.39, 0.29) is 11.6 Å². The predicted molar refractivity (Wildman–Crippen MR) is 110 cm³/mol. The van der Waals surface area contributed by atoms with E-state index in [0.29, 0.717) is 12.0 Å². The molecule has 140 valence electrons. The van der Waals surface area contributed by atoms with E-state index in [1.807, 2.05) is 48.7 Å². The Morgan fingerprint density at radius 1 is 1.19 bits per heavy atom. The third-order valence-electron chi connectivity index (χ3n) is 4.99. The normalized spacial score (nSPS) is 18.0. The standard InChI is InChI=1S/C21H22N2O3S/c1-23-12-19(16-5-3-4-6-17(16)21(23)24)18-11-15(27(2)25)7-8-20(18)22-14-9-10-26-13-14/h3-8,11-12,14,22H,9-10,13H2,1-2H3. The van der Waals surface area contributed by atoms with Gasteiger partial charge >= 0.3 is 0 Å². The van der Waals surface area contributed by atoms with Gasteiger partial charge in [-0.25, -0.2) is 0 Å². The van der Waals surface area contributed by atoms with E-state index in [4.69, 9.17) is 4.74 Å². The van der Waals surface area contributed by atoms with Crippen molar-refractivity contribution in [2.75, 3.05) is 24.8 Å². The second-order valence-electron chi connectivity index (χ2n) is 6.87. The Kier molecular flexibility index (Phi) is 4.95. The number of aryl methyl sites for hydroxylation is 1. The van der Waals surface area contributed by atoms with Gasteiger partial charge in [0.2, 0.25) is 0 Å². The van der Waals surface area contributed by atoms with Gasteiger partial charge in [-0.2, -0.15) is 0 Å². The quantitative estimate of drug-likeness (QED) is 0.704. The molecule has 0 aliphatic carbocycles. The number of nitrogens with one attached hydrogen (secondary N) is 1. The first kappa shape index (κ1) is 18.1. The van der Waals surface area contributed by atoms with E-state index in [9.17, 15) is 9.35 Å². The zero-order chi connectivity index (χ0) is 19.0. The lowest BCUT2D eigenvalue weighted by atomic mass is 9.98. The summed E-state index contributed by atoms with van der Waals surface area (Å²) in [4.78, 5) is 13.3. The molecule has 1 aliphatic heterocycles. The maximum absolute atomic E-state index is 12.5. The first-order valence-electron chi connectivity index (χ1n) is 8.95. The molecular formula is C21H22N2O3S. The summed E-state index contributed by atoms with van der Waals surface area (Å²) in [5, 5.41) is 5.13. The van der Waals surface area contributed by atoms with Crippen molar-refractivity contribution in [3.8, 4) is 11.1 Å². The number of benzene rings is 2. The van der Waals surface area contributed by atoms with Crippen LogP contribution in [0.3, 0.4) is 0 Å². The number of pyridine rings is 1. The Morgan fingerprint density at radius 3 is 2.67 bits per heavy atom. The Balaban J connectivity index is 1.94. The maximum Gasteiger partial charge on any atom is 0.258 e. The van der Waals surface area contributed by atoms with Gasteiger partial charge in [0.1, 0.15) is 6.26 Å². The van der Waals surface area contributed by atoms with Crippen molar-refractivity contribution in [3.63, 3.8) is 0 Å². The Hall–Kier alpha value is -2.28. The highest BCUT2D eigenvalue weighted by atomic mass is 32.2. The van der Waals surface area contributed by atoms with Gasteiger partial charge in [0.05, 0.1) is 12.6 Å². The molecule has 6 heteroatoms. The molecule has 1 aromatic heterocycles. The van der Waals surface area contributed by atoms with Crippen LogP contribution in [-0.4, -0.2) is 34.6 Å². The van der Waals surface area contributed by atoms with Crippen LogP contribution >= 0.6 is 0 Å². The predicted octanol–water partition coefficient (Wildman–Crippen LogP) is 3.14. The molecule has 2 atom stereocenters. The number of aromatic nitrogens is 1.